The van der Waals surface area contributed by atoms with Gasteiger partial charge in [0.15, 0.2) is 0 Å². The molecule has 1 nitrogen and oxygen atoms in total. The monoisotopic (exact) mass is 240 g/mol. The Morgan fingerprint density at radius 1 is 1.23 bits per heavy atom. The minimum absolute atomic E-state index is 0.0570. The van der Waals surface area contributed by atoms with Crippen LogP contribution in [0, 0.1) is 0 Å². The van der Waals surface area contributed by atoms with Crippen molar-refractivity contribution in [1.82, 2.24) is 0 Å². The predicted octanol–water partition coefficient (Wildman–Crippen LogP) is 1.51. The molecular formula is C11H12OSe. The third-order valence-corrected chi connectivity index (χ3v) is 3.10. The van der Waals surface area contributed by atoms with Gasteiger partial charge in [0.1, 0.15) is 0 Å². The molecule has 0 saturated carbocycles. The second kappa shape index (κ2) is 5.00. The van der Waals surface area contributed by atoms with Crippen molar-refractivity contribution in [3.8, 4) is 0 Å². The number of benzene rings is 1. The van der Waals surface area contributed by atoms with Crippen molar-refractivity contribution in [3.63, 3.8) is 0 Å². The Labute approximate surface area is 85.0 Å². The van der Waals surface area contributed by atoms with Crippen LogP contribution in [0.1, 0.15) is 13.8 Å². The van der Waals surface area contributed by atoms with Gasteiger partial charge in [-0.1, -0.05) is 0 Å². The van der Waals surface area contributed by atoms with Crippen molar-refractivity contribution in [2.75, 3.05) is 0 Å². The van der Waals surface area contributed by atoms with Gasteiger partial charge in [-0.3, -0.25) is 0 Å². The van der Waals surface area contributed by atoms with Crippen LogP contribution in [-0.4, -0.2) is 19.6 Å². The Balaban J connectivity index is 2.61. The Bertz CT molecular complexity index is 310. The molecule has 1 aromatic carbocycles. The first kappa shape index (κ1) is 10.2. The van der Waals surface area contributed by atoms with Gasteiger partial charge in [0.2, 0.25) is 0 Å². The molecule has 0 aromatic heterocycles. The second-order valence-electron chi connectivity index (χ2n) is 2.96. The van der Waals surface area contributed by atoms with Crippen molar-refractivity contribution >= 4 is 24.1 Å². The number of allylic oxidation sites excluding steroid dienone is 2. The summed E-state index contributed by atoms with van der Waals surface area (Å²) in [4.78, 5) is 11.4. The molecule has 0 spiro atoms. The van der Waals surface area contributed by atoms with E-state index in [4.69, 9.17) is 0 Å². The molecule has 0 radical (unpaired) electrons. The molecule has 0 aliphatic heterocycles. The third-order valence-electron chi connectivity index (χ3n) is 1.37. The van der Waals surface area contributed by atoms with Crippen LogP contribution in [0.15, 0.2) is 42.0 Å². The first-order valence-electron chi connectivity index (χ1n) is 4.10. The van der Waals surface area contributed by atoms with E-state index >= 15 is 0 Å². The Morgan fingerprint density at radius 3 is 2.38 bits per heavy atom. The van der Waals surface area contributed by atoms with Crippen molar-refractivity contribution in [3.05, 3.63) is 42.0 Å². The molecule has 0 N–H and O–H groups in total. The maximum absolute atomic E-state index is 11.4. The zero-order chi connectivity index (χ0) is 9.68. The first-order valence-corrected chi connectivity index (χ1v) is 5.81. The van der Waals surface area contributed by atoms with Crippen LogP contribution in [0.5, 0.6) is 0 Å². The van der Waals surface area contributed by atoms with Crippen molar-refractivity contribution in [1.29, 1.82) is 0 Å². The van der Waals surface area contributed by atoms with Gasteiger partial charge in [-0.25, -0.2) is 0 Å². The second-order valence-corrected chi connectivity index (χ2v) is 5.22. The number of hydrogen-bond donors (Lipinski definition) is 0. The van der Waals surface area contributed by atoms with Gasteiger partial charge in [0.05, 0.1) is 0 Å². The molecule has 2 heteroatoms. The standard InChI is InChI=1S/C11H12OSe/c1-9(2)8-11(12)13-10-6-4-3-5-7-10/h3-8H,1-2H3. The van der Waals surface area contributed by atoms with Gasteiger partial charge in [-0.05, 0) is 0 Å². The first-order chi connectivity index (χ1) is 6.18. The Hall–Kier alpha value is -0.851. The van der Waals surface area contributed by atoms with Gasteiger partial charge in [-0.2, -0.15) is 0 Å². The summed E-state index contributed by atoms with van der Waals surface area (Å²) in [7, 11) is 0. The van der Waals surface area contributed by atoms with Crippen LogP contribution in [0.3, 0.4) is 0 Å². The normalized spacial score (nSPS) is 9.38. The maximum atomic E-state index is 11.4. The predicted molar refractivity (Wildman–Crippen MR) is 56.3 cm³/mol. The van der Waals surface area contributed by atoms with Crippen LogP contribution in [0.2, 0.25) is 0 Å². The molecule has 1 aromatic rings. The molecule has 0 aliphatic carbocycles. The van der Waals surface area contributed by atoms with Crippen molar-refractivity contribution in [2.24, 2.45) is 0 Å². The number of carbonyl (C=O) groups is 1. The number of carbonyl (C=O) groups excluding carboxylic acids is 1. The van der Waals surface area contributed by atoms with Crippen LogP contribution < -0.4 is 4.46 Å². The summed E-state index contributed by atoms with van der Waals surface area (Å²) in [5.74, 6) is 0. The van der Waals surface area contributed by atoms with E-state index in [1.165, 1.54) is 0 Å². The summed E-state index contributed by atoms with van der Waals surface area (Å²) in [6.45, 7) is 3.89. The molecule has 0 heterocycles. The summed E-state index contributed by atoms with van der Waals surface area (Å²) in [5.41, 5.74) is 1.07. The van der Waals surface area contributed by atoms with E-state index < -0.39 is 0 Å². The molecule has 0 aliphatic rings. The summed E-state index contributed by atoms with van der Waals surface area (Å²) in [6.07, 6.45) is 1.72. The molecule has 0 bridgehead atoms. The van der Waals surface area contributed by atoms with E-state index in [1.807, 2.05) is 44.2 Å². The average molecular weight is 239 g/mol. The van der Waals surface area contributed by atoms with Crippen LogP contribution in [0.4, 0.5) is 0 Å². The van der Waals surface area contributed by atoms with E-state index in [1.54, 1.807) is 6.08 Å². The average Bonchev–Trinajstić information content (AvgIpc) is 2.04. The molecule has 13 heavy (non-hydrogen) atoms. The van der Waals surface area contributed by atoms with E-state index in [0.717, 1.165) is 10.0 Å². The molecule has 0 fully saturated rings. The van der Waals surface area contributed by atoms with E-state index in [0.29, 0.717) is 0 Å². The van der Waals surface area contributed by atoms with E-state index in [9.17, 15) is 4.79 Å². The van der Waals surface area contributed by atoms with E-state index in [2.05, 4.69) is 0 Å². The summed E-state index contributed by atoms with van der Waals surface area (Å²) < 4.78 is 1.37. The zero-order valence-corrected chi connectivity index (χ0v) is 9.49. The van der Waals surface area contributed by atoms with Gasteiger partial charge in [0.25, 0.3) is 0 Å². The molecule has 0 atom stereocenters. The zero-order valence-electron chi connectivity index (χ0n) is 7.78. The van der Waals surface area contributed by atoms with Gasteiger partial charge < -0.3 is 0 Å². The topological polar surface area (TPSA) is 17.1 Å². The fourth-order valence-corrected chi connectivity index (χ4v) is 2.59. The molecule has 68 valence electrons. The fourth-order valence-electron chi connectivity index (χ4n) is 0.870. The summed E-state index contributed by atoms with van der Waals surface area (Å²) >= 11 is -0.0570. The van der Waals surface area contributed by atoms with Crippen molar-refractivity contribution < 1.29 is 4.79 Å². The molecule has 0 saturated heterocycles. The van der Waals surface area contributed by atoms with Crippen molar-refractivity contribution in [2.45, 2.75) is 13.8 Å². The summed E-state index contributed by atoms with van der Waals surface area (Å²) in [5, 5.41) is 0. The Morgan fingerprint density at radius 2 is 1.85 bits per heavy atom. The Kier molecular flexibility index (Phi) is 3.94. The van der Waals surface area contributed by atoms with Gasteiger partial charge in [0, 0.05) is 0 Å². The van der Waals surface area contributed by atoms with Crippen LogP contribution in [-0.2, 0) is 4.79 Å². The van der Waals surface area contributed by atoms with Crippen LogP contribution in [0.25, 0.3) is 0 Å². The molecular weight excluding hydrogens is 227 g/mol. The molecule has 1 rings (SSSR count). The van der Waals surface area contributed by atoms with Crippen LogP contribution >= 0.6 is 0 Å². The van der Waals surface area contributed by atoms with E-state index in [-0.39, 0.29) is 19.6 Å². The van der Waals surface area contributed by atoms with Gasteiger partial charge >= 0.3 is 84.7 Å². The minimum atomic E-state index is -0.0570. The summed E-state index contributed by atoms with van der Waals surface area (Å²) in [6, 6.07) is 9.89. The number of rotatable bonds is 3. The quantitative estimate of drug-likeness (QED) is 0.577. The molecule has 0 unspecified atom stereocenters. The SMILES string of the molecule is CC(C)=CC(=O)[Se]c1ccccc1. The van der Waals surface area contributed by atoms with Gasteiger partial charge in [-0.15, -0.1) is 0 Å². The number of hydrogen-bond acceptors (Lipinski definition) is 1. The fraction of sp³-hybridized carbons (Fsp3) is 0.182. The molecule has 0 amide bonds. The third kappa shape index (κ3) is 4.07.